The standard InChI is InChI=1S/C22H35N5O2/c1-4-25(19-9-6-5-8-18(19)2)12-11-24-22(23-3)27-15-13-26(14-16-27)21(28)20-10-7-17-29-20/h5-6,8-9,20H,4,7,10-17H2,1-3H3,(H,23,24). The van der Waals surface area contributed by atoms with Crippen LogP contribution < -0.4 is 10.2 Å². The van der Waals surface area contributed by atoms with E-state index in [2.05, 4.69) is 58.2 Å². The average Bonchev–Trinajstić information content (AvgIpc) is 3.29. The van der Waals surface area contributed by atoms with E-state index in [4.69, 9.17) is 4.74 Å². The molecular formula is C22H35N5O2. The van der Waals surface area contributed by atoms with Gasteiger partial charge in [0.25, 0.3) is 5.91 Å². The highest BCUT2D eigenvalue weighted by Crippen LogP contribution is 2.18. The first kappa shape index (κ1) is 21.4. The second-order valence-electron chi connectivity index (χ2n) is 7.65. The van der Waals surface area contributed by atoms with Crippen LogP contribution in [0.2, 0.25) is 0 Å². The van der Waals surface area contributed by atoms with Crippen molar-refractivity contribution in [1.29, 1.82) is 0 Å². The summed E-state index contributed by atoms with van der Waals surface area (Å²) in [6.07, 6.45) is 1.63. The first-order chi connectivity index (χ1) is 14.1. The van der Waals surface area contributed by atoms with Crippen molar-refractivity contribution in [2.75, 3.05) is 64.4 Å². The van der Waals surface area contributed by atoms with E-state index in [9.17, 15) is 4.79 Å². The summed E-state index contributed by atoms with van der Waals surface area (Å²) < 4.78 is 5.55. The number of piperazine rings is 1. The molecule has 1 aromatic rings. The molecule has 2 aliphatic rings. The van der Waals surface area contributed by atoms with Gasteiger partial charge in [0, 0.05) is 65.2 Å². The van der Waals surface area contributed by atoms with Gasteiger partial charge in [-0.3, -0.25) is 9.79 Å². The van der Waals surface area contributed by atoms with Crippen molar-refractivity contribution in [3.05, 3.63) is 29.8 Å². The first-order valence-electron chi connectivity index (χ1n) is 10.8. The Balaban J connectivity index is 1.46. The molecule has 2 aliphatic heterocycles. The van der Waals surface area contributed by atoms with E-state index >= 15 is 0 Å². The van der Waals surface area contributed by atoms with E-state index in [0.29, 0.717) is 6.61 Å². The molecule has 1 amide bonds. The van der Waals surface area contributed by atoms with Crippen LogP contribution in [0.5, 0.6) is 0 Å². The predicted molar refractivity (Wildman–Crippen MR) is 118 cm³/mol. The summed E-state index contributed by atoms with van der Waals surface area (Å²) in [5, 5.41) is 3.50. The minimum atomic E-state index is -0.222. The van der Waals surface area contributed by atoms with Crippen molar-refractivity contribution < 1.29 is 9.53 Å². The second kappa shape index (κ2) is 10.5. The molecule has 7 nitrogen and oxygen atoms in total. The second-order valence-corrected chi connectivity index (χ2v) is 7.65. The maximum Gasteiger partial charge on any atom is 0.251 e. The summed E-state index contributed by atoms with van der Waals surface area (Å²) >= 11 is 0. The summed E-state index contributed by atoms with van der Waals surface area (Å²) in [5.41, 5.74) is 2.58. The van der Waals surface area contributed by atoms with E-state index in [1.165, 1.54) is 11.3 Å². The van der Waals surface area contributed by atoms with Gasteiger partial charge in [0.2, 0.25) is 0 Å². The molecule has 1 unspecified atom stereocenters. The van der Waals surface area contributed by atoms with E-state index < -0.39 is 0 Å². The van der Waals surface area contributed by atoms with Gasteiger partial charge in [0.1, 0.15) is 6.10 Å². The molecule has 0 spiro atoms. The molecule has 3 rings (SSSR count). The highest BCUT2D eigenvalue weighted by molar-refractivity contribution is 5.82. The molecule has 0 saturated carbocycles. The van der Waals surface area contributed by atoms with Gasteiger partial charge in [-0.25, -0.2) is 0 Å². The smallest absolute Gasteiger partial charge is 0.251 e. The minimum absolute atomic E-state index is 0.155. The van der Waals surface area contributed by atoms with Gasteiger partial charge in [0.05, 0.1) is 0 Å². The third kappa shape index (κ3) is 5.41. The maximum atomic E-state index is 12.5. The molecule has 1 N–H and O–H groups in total. The van der Waals surface area contributed by atoms with Gasteiger partial charge in [-0.2, -0.15) is 0 Å². The Hall–Kier alpha value is -2.28. The number of hydrogen-bond donors (Lipinski definition) is 1. The lowest BCUT2D eigenvalue weighted by molar-refractivity contribution is -0.142. The third-order valence-electron chi connectivity index (χ3n) is 5.81. The van der Waals surface area contributed by atoms with Crippen molar-refractivity contribution in [2.24, 2.45) is 4.99 Å². The molecule has 2 saturated heterocycles. The minimum Gasteiger partial charge on any atom is -0.370 e. The number of carbonyl (C=O) groups is 1. The monoisotopic (exact) mass is 401 g/mol. The number of amides is 1. The number of para-hydroxylation sites is 1. The summed E-state index contributed by atoms with van der Waals surface area (Å²) in [6.45, 7) is 10.8. The number of aliphatic imine (C=N–C) groups is 1. The summed E-state index contributed by atoms with van der Waals surface area (Å²) in [4.78, 5) is 23.5. The SMILES string of the molecule is CCN(CCNC(=NC)N1CCN(C(=O)C2CCCO2)CC1)c1ccccc1C. The highest BCUT2D eigenvalue weighted by Gasteiger charge is 2.30. The topological polar surface area (TPSA) is 60.4 Å². The number of nitrogens with one attached hydrogen (secondary N) is 1. The van der Waals surface area contributed by atoms with Crippen LogP contribution >= 0.6 is 0 Å². The van der Waals surface area contributed by atoms with Crippen LogP contribution in [-0.4, -0.2) is 87.2 Å². The van der Waals surface area contributed by atoms with Crippen molar-refractivity contribution >= 4 is 17.6 Å². The number of likely N-dealkylation sites (N-methyl/N-ethyl adjacent to an activating group) is 1. The zero-order valence-corrected chi connectivity index (χ0v) is 18.1. The van der Waals surface area contributed by atoms with E-state index in [1.807, 2.05) is 11.9 Å². The molecule has 0 radical (unpaired) electrons. The van der Waals surface area contributed by atoms with Crippen LogP contribution in [0.1, 0.15) is 25.3 Å². The van der Waals surface area contributed by atoms with E-state index in [-0.39, 0.29) is 12.0 Å². The molecule has 0 bridgehead atoms. The molecule has 1 aromatic carbocycles. The predicted octanol–water partition coefficient (Wildman–Crippen LogP) is 1.72. The molecule has 2 fully saturated rings. The average molecular weight is 402 g/mol. The van der Waals surface area contributed by atoms with Crippen molar-refractivity contribution in [3.63, 3.8) is 0 Å². The Morgan fingerprint density at radius 3 is 2.59 bits per heavy atom. The fourth-order valence-corrected chi connectivity index (χ4v) is 4.12. The fourth-order valence-electron chi connectivity index (χ4n) is 4.12. The fraction of sp³-hybridized carbons (Fsp3) is 0.636. The van der Waals surface area contributed by atoms with Crippen LogP contribution in [0, 0.1) is 6.92 Å². The molecule has 2 heterocycles. The number of hydrogen-bond acceptors (Lipinski definition) is 4. The number of guanidine groups is 1. The number of carbonyl (C=O) groups excluding carboxylic acids is 1. The van der Waals surface area contributed by atoms with Gasteiger partial charge >= 0.3 is 0 Å². The lowest BCUT2D eigenvalue weighted by atomic mass is 10.2. The molecular weight excluding hydrogens is 366 g/mol. The van der Waals surface area contributed by atoms with Crippen molar-refractivity contribution in [1.82, 2.24) is 15.1 Å². The summed E-state index contributed by atoms with van der Waals surface area (Å²) in [6, 6.07) is 8.50. The number of aryl methyl sites for hydroxylation is 1. The third-order valence-corrected chi connectivity index (χ3v) is 5.81. The highest BCUT2D eigenvalue weighted by atomic mass is 16.5. The Labute approximate surface area is 174 Å². The van der Waals surface area contributed by atoms with E-state index in [0.717, 1.165) is 64.6 Å². The van der Waals surface area contributed by atoms with Gasteiger partial charge in [-0.05, 0) is 38.3 Å². The Bertz CT molecular complexity index is 694. The van der Waals surface area contributed by atoms with Crippen LogP contribution in [0.3, 0.4) is 0 Å². The van der Waals surface area contributed by atoms with Crippen molar-refractivity contribution in [3.8, 4) is 0 Å². The normalized spacial score (nSPS) is 20.1. The van der Waals surface area contributed by atoms with Gasteiger partial charge in [-0.1, -0.05) is 18.2 Å². The van der Waals surface area contributed by atoms with Crippen LogP contribution in [-0.2, 0) is 9.53 Å². The van der Waals surface area contributed by atoms with Crippen LogP contribution in [0.15, 0.2) is 29.3 Å². The Kier molecular flexibility index (Phi) is 7.75. The number of ether oxygens (including phenoxy) is 1. The molecule has 160 valence electrons. The number of rotatable bonds is 6. The van der Waals surface area contributed by atoms with Gasteiger partial charge < -0.3 is 24.8 Å². The zero-order valence-electron chi connectivity index (χ0n) is 18.1. The number of benzene rings is 1. The maximum absolute atomic E-state index is 12.5. The van der Waals surface area contributed by atoms with E-state index in [1.54, 1.807) is 0 Å². The summed E-state index contributed by atoms with van der Waals surface area (Å²) in [5.74, 6) is 1.07. The molecule has 29 heavy (non-hydrogen) atoms. The molecule has 7 heteroatoms. The number of nitrogens with zero attached hydrogens (tertiary/aromatic N) is 4. The molecule has 0 aliphatic carbocycles. The summed E-state index contributed by atoms with van der Waals surface area (Å²) in [7, 11) is 1.82. The Morgan fingerprint density at radius 2 is 1.97 bits per heavy atom. The number of anilines is 1. The lowest BCUT2D eigenvalue weighted by Gasteiger charge is -2.37. The van der Waals surface area contributed by atoms with Gasteiger partial charge in [0.15, 0.2) is 5.96 Å². The molecule has 1 atom stereocenters. The van der Waals surface area contributed by atoms with Gasteiger partial charge in [-0.15, -0.1) is 0 Å². The van der Waals surface area contributed by atoms with Crippen LogP contribution in [0.25, 0.3) is 0 Å². The Morgan fingerprint density at radius 1 is 1.24 bits per heavy atom. The van der Waals surface area contributed by atoms with Crippen molar-refractivity contribution in [2.45, 2.75) is 32.8 Å². The largest absolute Gasteiger partial charge is 0.370 e. The molecule has 0 aromatic heterocycles. The zero-order chi connectivity index (χ0) is 20.6. The first-order valence-corrected chi connectivity index (χ1v) is 10.8. The van der Waals surface area contributed by atoms with Crippen LogP contribution in [0.4, 0.5) is 5.69 Å². The quantitative estimate of drug-likeness (QED) is 0.581. The lowest BCUT2D eigenvalue weighted by Crippen LogP contribution is -2.55.